The summed E-state index contributed by atoms with van der Waals surface area (Å²) in [5.41, 5.74) is 3.91. The first kappa shape index (κ1) is 19.8. The summed E-state index contributed by atoms with van der Waals surface area (Å²) in [6, 6.07) is 17.6. The number of amides is 1. The van der Waals surface area contributed by atoms with Crippen LogP contribution in [0.2, 0.25) is 0 Å². The van der Waals surface area contributed by atoms with Crippen LogP contribution in [0.5, 0.6) is 0 Å². The molecule has 2 aromatic carbocycles. The third-order valence-corrected chi connectivity index (χ3v) is 5.03. The Hall–Kier alpha value is -2.99. The summed E-state index contributed by atoms with van der Waals surface area (Å²) in [6.45, 7) is 2.44. The first-order valence-corrected chi connectivity index (χ1v) is 9.96. The molecule has 0 fully saturated rings. The van der Waals surface area contributed by atoms with Gasteiger partial charge in [-0.2, -0.15) is 0 Å². The zero-order valence-electron chi connectivity index (χ0n) is 15.7. The maximum atomic E-state index is 11.9. The normalized spacial score (nSPS) is 10.5. The summed E-state index contributed by atoms with van der Waals surface area (Å²) in [7, 11) is 0. The zero-order valence-corrected chi connectivity index (χ0v) is 16.5. The molecule has 1 aromatic heterocycles. The molecule has 0 unspecified atom stereocenters. The number of hydrogen-bond acceptors (Lipinski definition) is 5. The van der Waals surface area contributed by atoms with Crippen molar-refractivity contribution in [2.45, 2.75) is 26.4 Å². The summed E-state index contributed by atoms with van der Waals surface area (Å²) in [5.74, 6) is -0.467. The fourth-order valence-corrected chi connectivity index (χ4v) is 3.39. The van der Waals surface area contributed by atoms with Gasteiger partial charge in [0.2, 0.25) is 5.91 Å². The third kappa shape index (κ3) is 6.03. The second-order valence-electron chi connectivity index (χ2n) is 6.43. The molecular weight excluding hydrogens is 372 g/mol. The van der Waals surface area contributed by atoms with Crippen molar-refractivity contribution in [3.8, 4) is 10.6 Å². The fraction of sp³-hybridized carbons (Fsp3) is 0.227. The van der Waals surface area contributed by atoms with Crippen molar-refractivity contribution in [1.82, 2.24) is 10.3 Å². The van der Waals surface area contributed by atoms with E-state index in [2.05, 4.69) is 10.3 Å². The second-order valence-corrected chi connectivity index (χ2v) is 7.29. The van der Waals surface area contributed by atoms with Gasteiger partial charge in [-0.1, -0.05) is 60.2 Å². The number of aryl methyl sites for hydroxylation is 1. The van der Waals surface area contributed by atoms with Crippen LogP contribution in [0.3, 0.4) is 0 Å². The highest BCUT2D eigenvalue weighted by Gasteiger charge is 2.09. The van der Waals surface area contributed by atoms with E-state index in [1.807, 2.05) is 66.9 Å². The minimum atomic E-state index is -0.357. The van der Waals surface area contributed by atoms with E-state index < -0.39 is 0 Å². The number of benzene rings is 2. The lowest BCUT2D eigenvalue weighted by atomic mass is 10.1. The van der Waals surface area contributed by atoms with Gasteiger partial charge < -0.3 is 10.1 Å². The molecule has 0 aliphatic rings. The molecule has 1 heterocycles. The first-order valence-electron chi connectivity index (χ1n) is 9.08. The molecule has 144 valence electrons. The summed E-state index contributed by atoms with van der Waals surface area (Å²) >= 11 is 1.52. The number of nitrogens with one attached hydrogen (secondary N) is 1. The molecule has 0 bridgehead atoms. The maximum absolute atomic E-state index is 11.9. The van der Waals surface area contributed by atoms with Gasteiger partial charge in [0.25, 0.3) is 0 Å². The Morgan fingerprint density at radius 3 is 2.57 bits per heavy atom. The number of ether oxygens (including phenoxy) is 1. The first-order chi connectivity index (χ1) is 13.6. The van der Waals surface area contributed by atoms with Crippen LogP contribution >= 0.6 is 11.3 Å². The molecule has 0 aliphatic carbocycles. The minimum absolute atomic E-state index is 0.110. The Morgan fingerprint density at radius 1 is 1.07 bits per heavy atom. The van der Waals surface area contributed by atoms with Crippen molar-refractivity contribution < 1.29 is 14.3 Å². The van der Waals surface area contributed by atoms with Gasteiger partial charge in [0.15, 0.2) is 0 Å². The van der Waals surface area contributed by atoms with Crippen molar-refractivity contribution in [3.63, 3.8) is 0 Å². The van der Waals surface area contributed by atoms with Crippen LogP contribution < -0.4 is 5.32 Å². The topological polar surface area (TPSA) is 68.3 Å². The van der Waals surface area contributed by atoms with E-state index >= 15 is 0 Å². The molecule has 1 N–H and O–H groups in total. The van der Waals surface area contributed by atoms with Gasteiger partial charge in [-0.3, -0.25) is 9.59 Å². The number of rotatable bonds is 8. The predicted molar refractivity (Wildman–Crippen MR) is 110 cm³/mol. The Bertz CT molecular complexity index is 920. The molecule has 28 heavy (non-hydrogen) atoms. The average Bonchev–Trinajstić information content (AvgIpc) is 3.17. The smallest absolute Gasteiger partial charge is 0.307 e. The molecule has 5 nitrogen and oxygen atoms in total. The predicted octanol–water partition coefficient (Wildman–Crippen LogP) is 3.91. The molecule has 6 heteroatoms. The van der Waals surface area contributed by atoms with Gasteiger partial charge in [-0.05, 0) is 12.5 Å². The monoisotopic (exact) mass is 394 g/mol. The third-order valence-electron chi connectivity index (χ3n) is 4.09. The average molecular weight is 394 g/mol. The Morgan fingerprint density at radius 2 is 1.82 bits per heavy atom. The molecule has 3 aromatic rings. The van der Waals surface area contributed by atoms with Gasteiger partial charge in [-0.25, -0.2) is 4.98 Å². The van der Waals surface area contributed by atoms with Gasteiger partial charge >= 0.3 is 5.97 Å². The highest BCUT2D eigenvalue weighted by molar-refractivity contribution is 7.13. The van der Waals surface area contributed by atoms with E-state index in [0.29, 0.717) is 6.42 Å². The number of nitrogens with zero attached hydrogens (tertiary/aromatic N) is 1. The van der Waals surface area contributed by atoms with E-state index in [4.69, 9.17) is 4.74 Å². The minimum Gasteiger partial charge on any atom is -0.459 e. The van der Waals surface area contributed by atoms with Gasteiger partial charge in [0.05, 0.1) is 18.5 Å². The molecule has 0 spiro atoms. The largest absolute Gasteiger partial charge is 0.459 e. The van der Waals surface area contributed by atoms with Crippen LogP contribution in [0.15, 0.2) is 60.0 Å². The van der Waals surface area contributed by atoms with E-state index in [-0.39, 0.29) is 31.4 Å². The maximum Gasteiger partial charge on any atom is 0.307 e. The number of carbonyl (C=O) groups is 2. The lowest BCUT2D eigenvalue weighted by Crippen LogP contribution is -2.27. The van der Waals surface area contributed by atoms with Crippen LogP contribution in [0.1, 0.15) is 23.2 Å². The molecule has 1 amide bonds. The van der Waals surface area contributed by atoms with E-state index in [1.165, 1.54) is 16.9 Å². The van der Waals surface area contributed by atoms with Crippen molar-refractivity contribution in [1.29, 1.82) is 0 Å². The van der Waals surface area contributed by atoms with E-state index in [9.17, 15) is 9.59 Å². The molecule has 0 aliphatic heterocycles. The lowest BCUT2D eigenvalue weighted by Gasteiger charge is -2.06. The van der Waals surface area contributed by atoms with Crippen LogP contribution in [0.25, 0.3) is 10.6 Å². The molecule has 0 saturated heterocycles. The summed E-state index contributed by atoms with van der Waals surface area (Å²) in [6.07, 6.45) is 0.436. The van der Waals surface area contributed by atoms with Crippen molar-refractivity contribution in [2.75, 3.05) is 6.54 Å². The second kappa shape index (κ2) is 9.80. The Kier molecular flexibility index (Phi) is 6.92. The molecule has 3 rings (SSSR count). The van der Waals surface area contributed by atoms with Crippen molar-refractivity contribution in [3.05, 3.63) is 76.8 Å². The summed E-state index contributed by atoms with van der Waals surface area (Å²) < 4.78 is 5.25. The zero-order chi connectivity index (χ0) is 19.8. The Balaban J connectivity index is 1.37. The van der Waals surface area contributed by atoms with Crippen LogP contribution in [0, 0.1) is 6.92 Å². The summed E-state index contributed by atoms with van der Waals surface area (Å²) in [4.78, 5) is 28.2. The lowest BCUT2D eigenvalue weighted by molar-refractivity contribution is -0.144. The van der Waals surface area contributed by atoms with E-state index in [0.717, 1.165) is 21.8 Å². The number of hydrogen-bond donors (Lipinski definition) is 1. The quantitative estimate of drug-likeness (QED) is 0.588. The van der Waals surface area contributed by atoms with Gasteiger partial charge in [0, 0.05) is 17.5 Å². The number of aromatic nitrogens is 1. The fourth-order valence-electron chi connectivity index (χ4n) is 2.58. The van der Waals surface area contributed by atoms with Crippen molar-refractivity contribution >= 4 is 23.2 Å². The number of thiazole rings is 1. The standard InChI is InChI=1S/C22H22N2O3S/c1-16-7-9-18(10-8-16)22-24-19(15-28-22)14-27-21(26)11-12-23-20(25)13-17-5-3-2-4-6-17/h2-10,15H,11-14H2,1H3,(H,23,25). The molecule has 0 atom stereocenters. The van der Waals surface area contributed by atoms with Crippen molar-refractivity contribution in [2.24, 2.45) is 0 Å². The SMILES string of the molecule is Cc1ccc(-c2nc(COC(=O)CCNC(=O)Cc3ccccc3)cs2)cc1. The van der Waals surface area contributed by atoms with Gasteiger partial charge in [-0.15, -0.1) is 11.3 Å². The van der Waals surface area contributed by atoms with Crippen LogP contribution in [-0.2, 0) is 27.4 Å². The highest BCUT2D eigenvalue weighted by atomic mass is 32.1. The van der Waals surface area contributed by atoms with Gasteiger partial charge in [0.1, 0.15) is 11.6 Å². The number of carbonyl (C=O) groups excluding carboxylic acids is 2. The highest BCUT2D eigenvalue weighted by Crippen LogP contribution is 2.24. The van der Waals surface area contributed by atoms with Crippen LogP contribution in [0.4, 0.5) is 0 Å². The molecule has 0 radical (unpaired) electrons. The van der Waals surface area contributed by atoms with Crippen LogP contribution in [-0.4, -0.2) is 23.4 Å². The molecule has 0 saturated carbocycles. The molecular formula is C22H22N2O3S. The van der Waals surface area contributed by atoms with E-state index in [1.54, 1.807) is 0 Å². The summed E-state index contributed by atoms with van der Waals surface area (Å²) in [5, 5.41) is 5.53. The number of esters is 1. The Labute approximate surface area is 168 Å².